The summed E-state index contributed by atoms with van der Waals surface area (Å²) in [7, 11) is 1.65. The second-order valence-electron chi connectivity index (χ2n) is 5.51. The molecule has 0 bridgehead atoms. The molecule has 3 aromatic rings. The smallest absolute Gasteiger partial charge is 0.262 e. The van der Waals surface area contributed by atoms with Crippen molar-refractivity contribution in [3.05, 3.63) is 71.1 Å². The van der Waals surface area contributed by atoms with Crippen LogP contribution in [-0.2, 0) is 6.42 Å². The van der Waals surface area contributed by atoms with Crippen molar-refractivity contribution in [2.24, 2.45) is 0 Å². The Labute approximate surface area is 161 Å². The van der Waals surface area contributed by atoms with Crippen LogP contribution >= 0.6 is 15.9 Å². The van der Waals surface area contributed by atoms with Crippen molar-refractivity contribution in [1.82, 2.24) is 9.97 Å². The van der Waals surface area contributed by atoms with E-state index in [-0.39, 0.29) is 0 Å². The van der Waals surface area contributed by atoms with Gasteiger partial charge in [0.25, 0.3) is 5.88 Å². The lowest BCUT2D eigenvalue weighted by Gasteiger charge is -2.12. The van der Waals surface area contributed by atoms with Crippen molar-refractivity contribution >= 4 is 15.9 Å². The number of rotatable bonds is 8. The van der Waals surface area contributed by atoms with Crippen molar-refractivity contribution < 1.29 is 14.2 Å². The molecule has 26 heavy (non-hydrogen) atoms. The Morgan fingerprint density at radius 1 is 1.04 bits per heavy atom. The monoisotopic (exact) mass is 414 g/mol. The lowest BCUT2D eigenvalue weighted by Crippen LogP contribution is -2.02. The van der Waals surface area contributed by atoms with Crippen LogP contribution in [0, 0.1) is 0 Å². The van der Waals surface area contributed by atoms with Crippen LogP contribution in [0.15, 0.2) is 65.5 Å². The Morgan fingerprint density at radius 3 is 2.81 bits per heavy atom. The standard InChI is InChI=1S/C20H19BrN2O3/c1-24-19-14-22-11-9-15(19)5-4-12-25-18-8-3-10-23-20(18)26-17-7-2-6-16(21)13-17/h2-3,6-11,13-14H,4-5,12H2,1H3. The van der Waals surface area contributed by atoms with Gasteiger partial charge < -0.3 is 14.2 Å². The minimum Gasteiger partial charge on any atom is -0.495 e. The molecular formula is C20H19BrN2O3. The molecule has 0 atom stereocenters. The van der Waals surface area contributed by atoms with Gasteiger partial charge in [-0.2, -0.15) is 0 Å². The van der Waals surface area contributed by atoms with Crippen molar-refractivity contribution in [3.63, 3.8) is 0 Å². The number of nitrogens with zero attached hydrogens (tertiary/aromatic N) is 2. The number of ether oxygens (including phenoxy) is 3. The molecule has 0 saturated heterocycles. The molecule has 134 valence electrons. The number of hydrogen-bond donors (Lipinski definition) is 0. The number of methoxy groups -OCH3 is 1. The molecule has 0 radical (unpaired) electrons. The van der Waals surface area contributed by atoms with E-state index in [0.29, 0.717) is 24.0 Å². The molecule has 0 saturated carbocycles. The SMILES string of the molecule is COc1cnccc1CCCOc1cccnc1Oc1cccc(Br)c1. The largest absolute Gasteiger partial charge is 0.495 e. The normalized spacial score (nSPS) is 10.4. The van der Waals surface area contributed by atoms with Crippen LogP contribution in [0.1, 0.15) is 12.0 Å². The maximum absolute atomic E-state index is 5.88. The average Bonchev–Trinajstić information content (AvgIpc) is 2.67. The van der Waals surface area contributed by atoms with Crippen LogP contribution in [0.5, 0.6) is 23.1 Å². The topological polar surface area (TPSA) is 53.5 Å². The maximum atomic E-state index is 5.88. The quantitative estimate of drug-likeness (QED) is 0.482. The Kier molecular flexibility index (Phi) is 6.44. The van der Waals surface area contributed by atoms with Crippen LogP contribution in [0.3, 0.4) is 0 Å². The summed E-state index contributed by atoms with van der Waals surface area (Å²) in [6.45, 7) is 0.548. The molecule has 0 amide bonds. The fourth-order valence-corrected chi connectivity index (χ4v) is 2.83. The van der Waals surface area contributed by atoms with Gasteiger partial charge in [-0.1, -0.05) is 22.0 Å². The van der Waals surface area contributed by atoms with Crippen molar-refractivity contribution in [2.45, 2.75) is 12.8 Å². The minimum atomic E-state index is 0.451. The van der Waals surface area contributed by atoms with E-state index in [0.717, 1.165) is 28.6 Å². The Balaban J connectivity index is 1.58. The van der Waals surface area contributed by atoms with Gasteiger partial charge in [-0.05, 0) is 54.8 Å². The lowest BCUT2D eigenvalue weighted by molar-refractivity contribution is 0.292. The average molecular weight is 415 g/mol. The summed E-state index contributed by atoms with van der Waals surface area (Å²) in [5.41, 5.74) is 1.11. The number of pyridine rings is 2. The molecule has 0 unspecified atom stereocenters. The van der Waals surface area contributed by atoms with E-state index in [1.165, 1.54) is 0 Å². The summed E-state index contributed by atoms with van der Waals surface area (Å²) < 4.78 is 18.0. The van der Waals surface area contributed by atoms with E-state index in [4.69, 9.17) is 14.2 Å². The van der Waals surface area contributed by atoms with Gasteiger partial charge in [-0.25, -0.2) is 4.98 Å². The summed E-state index contributed by atoms with van der Waals surface area (Å²) in [6.07, 6.45) is 6.85. The van der Waals surface area contributed by atoms with Crippen molar-refractivity contribution in [3.8, 4) is 23.1 Å². The van der Waals surface area contributed by atoms with Gasteiger partial charge >= 0.3 is 0 Å². The van der Waals surface area contributed by atoms with Gasteiger partial charge in [-0.3, -0.25) is 4.98 Å². The zero-order valence-corrected chi connectivity index (χ0v) is 16.0. The first-order chi connectivity index (χ1) is 12.8. The molecule has 0 spiro atoms. The zero-order chi connectivity index (χ0) is 18.2. The van der Waals surface area contributed by atoms with Crippen LogP contribution in [0.4, 0.5) is 0 Å². The Hall–Kier alpha value is -2.60. The predicted molar refractivity (Wildman–Crippen MR) is 103 cm³/mol. The summed E-state index contributed by atoms with van der Waals surface area (Å²) in [6, 6.07) is 13.3. The molecule has 1 aromatic carbocycles. The molecule has 6 heteroatoms. The van der Waals surface area contributed by atoms with Crippen molar-refractivity contribution in [1.29, 1.82) is 0 Å². The third-order valence-corrected chi connectivity index (χ3v) is 4.18. The molecule has 2 heterocycles. The third kappa shape index (κ3) is 4.95. The highest BCUT2D eigenvalue weighted by Gasteiger charge is 2.08. The summed E-state index contributed by atoms with van der Waals surface area (Å²) in [4.78, 5) is 8.34. The highest BCUT2D eigenvalue weighted by atomic mass is 79.9. The number of halogens is 1. The molecule has 0 N–H and O–H groups in total. The Morgan fingerprint density at radius 2 is 1.96 bits per heavy atom. The summed E-state index contributed by atoms with van der Waals surface area (Å²) in [5.74, 6) is 2.57. The fourth-order valence-electron chi connectivity index (χ4n) is 2.45. The van der Waals surface area contributed by atoms with Gasteiger partial charge in [0.05, 0.1) is 19.9 Å². The molecule has 2 aromatic heterocycles. The van der Waals surface area contributed by atoms with Gasteiger partial charge in [0.1, 0.15) is 11.5 Å². The minimum absolute atomic E-state index is 0.451. The first kappa shape index (κ1) is 18.2. The van der Waals surface area contributed by atoms with Gasteiger partial charge in [-0.15, -0.1) is 0 Å². The van der Waals surface area contributed by atoms with Gasteiger partial charge in [0, 0.05) is 16.9 Å². The summed E-state index contributed by atoms with van der Waals surface area (Å²) in [5, 5.41) is 0. The van der Waals surface area contributed by atoms with E-state index in [1.54, 1.807) is 25.7 Å². The van der Waals surface area contributed by atoms with Gasteiger partial charge in [0.15, 0.2) is 5.75 Å². The maximum Gasteiger partial charge on any atom is 0.262 e. The van der Waals surface area contributed by atoms with E-state index < -0.39 is 0 Å². The van der Waals surface area contributed by atoms with Crippen LogP contribution in [0.25, 0.3) is 0 Å². The zero-order valence-electron chi connectivity index (χ0n) is 14.4. The third-order valence-electron chi connectivity index (χ3n) is 3.68. The lowest BCUT2D eigenvalue weighted by atomic mass is 10.1. The first-order valence-electron chi connectivity index (χ1n) is 8.24. The highest BCUT2D eigenvalue weighted by Crippen LogP contribution is 2.30. The number of aromatic nitrogens is 2. The van der Waals surface area contributed by atoms with E-state index in [9.17, 15) is 0 Å². The molecule has 0 aliphatic heterocycles. The highest BCUT2D eigenvalue weighted by molar-refractivity contribution is 9.10. The predicted octanol–water partition coefficient (Wildman–Crippen LogP) is 5.05. The van der Waals surface area contributed by atoms with Crippen LogP contribution in [0.2, 0.25) is 0 Å². The molecule has 0 aliphatic carbocycles. The van der Waals surface area contributed by atoms with Crippen LogP contribution < -0.4 is 14.2 Å². The molecule has 5 nitrogen and oxygen atoms in total. The molecular weight excluding hydrogens is 396 g/mol. The van der Waals surface area contributed by atoms with Crippen LogP contribution in [-0.4, -0.2) is 23.7 Å². The first-order valence-corrected chi connectivity index (χ1v) is 9.03. The number of aryl methyl sites for hydroxylation is 1. The van der Waals surface area contributed by atoms with Gasteiger partial charge in [0.2, 0.25) is 0 Å². The molecule has 0 aliphatic rings. The van der Waals surface area contributed by atoms with E-state index >= 15 is 0 Å². The van der Waals surface area contributed by atoms with E-state index in [1.807, 2.05) is 42.5 Å². The van der Waals surface area contributed by atoms with E-state index in [2.05, 4.69) is 25.9 Å². The summed E-state index contributed by atoms with van der Waals surface area (Å²) >= 11 is 3.43. The Bertz CT molecular complexity index is 858. The molecule has 3 rings (SSSR count). The second-order valence-corrected chi connectivity index (χ2v) is 6.42. The second kappa shape index (κ2) is 9.20. The fraction of sp³-hybridized carbons (Fsp3) is 0.200. The number of hydrogen-bond acceptors (Lipinski definition) is 5. The number of benzene rings is 1. The molecule has 0 fully saturated rings. The van der Waals surface area contributed by atoms with Crippen molar-refractivity contribution in [2.75, 3.05) is 13.7 Å².